The minimum absolute atomic E-state index is 0.515. The van der Waals surface area contributed by atoms with Gasteiger partial charge in [0.25, 0.3) is 0 Å². The number of hydrogen-bond acceptors (Lipinski definition) is 5. The van der Waals surface area contributed by atoms with Crippen LogP contribution in [0.15, 0.2) is 78.2 Å². The standard InChI is InChI=1S/C23H21ClN4OS/c1-2-17-7-9-19(10-8-17)28-22(18-11-13-25-14-12-18)26-27-23(28)30-16-15-29-21-6-4-3-5-20(21)24/h3-14H,2,15-16H2,1H3. The van der Waals surface area contributed by atoms with E-state index < -0.39 is 0 Å². The largest absolute Gasteiger partial charge is 0.491 e. The molecule has 0 N–H and O–H groups in total. The summed E-state index contributed by atoms with van der Waals surface area (Å²) in [4.78, 5) is 4.11. The fourth-order valence-electron chi connectivity index (χ4n) is 3.01. The minimum atomic E-state index is 0.515. The number of pyridine rings is 1. The number of ether oxygens (including phenoxy) is 1. The second-order valence-corrected chi connectivity index (χ2v) is 7.99. The summed E-state index contributed by atoms with van der Waals surface area (Å²) in [6, 6.07) is 19.9. The van der Waals surface area contributed by atoms with Gasteiger partial charge in [0, 0.05) is 29.4 Å². The lowest BCUT2D eigenvalue weighted by Gasteiger charge is -2.11. The Balaban J connectivity index is 1.56. The first-order valence-corrected chi connectivity index (χ1v) is 11.1. The molecule has 0 aliphatic carbocycles. The molecule has 0 amide bonds. The molecular formula is C23H21ClN4OS. The number of aromatic nitrogens is 4. The van der Waals surface area contributed by atoms with E-state index in [1.54, 1.807) is 24.2 Å². The molecule has 30 heavy (non-hydrogen) atoms. The topological polar surface area (TPSA) is 52.8 Å². The van der Waals surface area contributed by atoms with Gasteiger partial charge in [-0.25, -0.2) is 0 Å². The van der Waals surface area contributed by atoms with Gasteiger partial charge in [0.05, 0.1) is 11.6 Å². The SMILES string of the molecule is CCc1ccc(-n2c(SCCOc3ccccc3Cl)nnc2-c2ccncc2)cc1. The molecule has 0 unspecified atom stereocenters. The molecule has 4 aromatic rings. The van der Waals surface area contributed by atoms with Crippen LogP contribution in [0.5, 0.6) is 5.75 Å². The van der Waals surface area contributed by atoms with E-state index in [0.717, 1.165) is 28.7 Å². The highest BCUT2D eigenvalue weighted by molar-refractivity contribution is 7.99. The zero-order chi connectivity index (χ0) is 20.8. The zero-order valence-corrected chi connectivity index (χ0v) is 18.1. The van der Waals surface area contributed by atoms with Crippen molar-refractivity contribution in [1.29, 1.82) is 0 Å². The van der Waals surface area contributed by atoms with Gasteiger partial charge in [0.1, 0.15) is 5.75 Å². The Bertz CT molecular complexity index is 1100. The zero-order valence-electron chi connectivity index (χ0n) is 16.5. The molecule has 0 spiro atoms. The van der Waals surface area contributed by atoms with Gasteiger partial charge < -0.3 is 4.74 Å². The summed E-state index contributed by atoms with van der Waals surface area (Å²) in [6.45, 7) is 2.66. The first-order valence-electron chi connectivity index (χ1n) is 9.71. The van der Waals surface area contributed by atoms with Gasteiger partial charge in [-0.1, -0.05) is 54.6 Å². The van der Waals surface area contributed by atoms with E-state index in [4.69, 9.17) is 16.3 Å². The molecule has 7 heteroatoms. The highest BCUT2D eigenvalue weighted by atomic mass is 35.5. The molecule has 2 heterocycles. The molecule has 5 nitrogen and oxygen atoms in total. The first-order chi connectivity index (χ1) is 14.8. The molecule has 152 valence electrons. The fraction of sp³-hybridized carbons (Fsp3) is 0.174. The van der Waals surface area contributed by atoms with Crippen LogP contribution < -0.4 is 4.74 Å². The molecule has 0 fully saturated rings. The summed E-state index contributed by atoms with van der Waals surface area (Å²) in [6.07, 6.45) is 4.53. The molecule has 0 saturated heterocycles. The maximum atomic E-state index is 6.16. The van der Waals surface area contributed by atoms with Crippen molar-refractivity contribution >= 4 is 23.4 Å². The molecule has 0 bridgehead atoms. The third kappa shape index (κ3) is 4.66. The molecule has 2 aromatic heterocycles. The normalized spacial score (nSPS) is 10.9. The van der Waals surface area contributed by atoms with Crippen LogP contribution in [-0.2, 0) is 6.42 Å². The van der Waals surface area contributed by atoms with Crippen LogP contribution in [0.25, 0.3) is 17.1 Å². The van der Waals surface area contributed by atoms with Gasteiger partial charge in [-0.3, -0.25) is 9.55 Å². The van der Waals surface area contributed by atoms with Gasteiger partial charge in [-0.15, -0.1) is 10.2 Å². The van der Waals surface area contributed by atoms with Crippen LogP contribution in [0.3, 0.4) is 0 Å². The van der Waals surface area contributed by atoms with Crippen molar-refractivity contribution in [3.63, 3.8) is 0 Å². The summed E-state index contributed by atoms with van der Waals surface area (Å²) in [5.74, 6) is 2.19. The maximum absolute atomic E-state index is 6.16. The molecule has 0 aliphatic rings. The second-order valence-electron chi connectivity index (χ2n) is 6.52. The Morgan fingerprint density at radius 3 is 2.47 bits per heavy atom. The molecule has 4 rings (SSSR count). The summed E-state index contributed by atoms with van der Waals surface area (Å²) in [5.41, 5.74) is 3.29. The van der Waals surface area contributed by atoms with Crippen LogP contribution in [0.1, 0.15) is 12.5 Å². The van der Waals surface area contributed by atoms with Crippen LogP contribution in [0, 0.1) is 0 Å². The summed E-state index contributed by atoms with van der Waals surface area (Å²) >= 11 is 7.76. The highest BCUT2D eigenvalue weighted by Crippen LogP contribution is 2.28. The number of benzene rings is 2. The van der Waals surface area contributed by atoms with Crippen molar-refractivity contribution in [3.8, 4) is 22.8 Å². The van der Waals surface area contributed by atoms with Gasteiger partial charge in [0.2, 0.25) is 0 Å². The fourth-order valence-corrected chi connectivity index (χ4v) is 3.97. The van der Waals surface area contributed by atoms with Crippen molar-refractivity contribution in [1.82, 2.24) is 19.7 Å². The lowest BCUT2D eigenvalue weighted by molar-refractivity contribution is 0.344. The van der Waals surface area contributed by atoms with E-state index in [1.165, 1.54) is 5.56 Å². The maximum Gasteiger partial charge on any atom is 0.196 e. The third-order valence-corrected chi connectivity index (χ3v) is 5.79. The monoisotopic (exact) mass is 436 g/mol. The third-order valence-electron chi connectivity index (χ3n) is 4.58. The number of halogens is 1. The van der Waals surface area contributed by atoms with Gasteiger partial charge in [-0.05, 0) is 48.4 Å². The van der Waals surface area contributed by atoms with Gasteiger partial charge >= 0.3 is 0 Å². The lowest BCUT2D eigenvalue weighted by atomic mass is 10.1. The highest BCUT2D eigenvalue weighted by Gasteiger charge is 2.16. The van der Waals surface area contributed by atoms with E-state index >= 15 is 0 Å². The molecule has 0 atom stereocenters. The second kappa shape index (κ2) is 9.78. The number of hydrogen-bond donors (Lipinski definition) is 0. The lowest BCUT2D eigenvalue weighted by Crippen LogP contribution is -2.04. The number of rotatable bonds is 8. The predicted octanol–water partition coefficient (Wildman–Crippen LogP) is 5.72. The Kier molecular flexibility index (Phi) is 6.67. The van der Waals surface area contributed by atoms with E-state index in [-0.39, 0.29) is 0 Å². The van der Waals surface area contributed by atoms with Gasteiger partial charge in [0.15, 0.2) is 11.0 Å². The Morgan fingerprint density at radius 2 is 1.73 bits per heavy atom. The van der Waals surface area contributed by atoms with Crippen LogP contribution in [0.4, 0.5) is 0 Å². The van der Waals surface area contributed by atoms with Crippen molar-refractivity contribution in [3.05, 3.63) is 83.6 Å². The van der Waals surface area contributed by atoms with E-state index in [2.05, 4.69) is 50.9 Å². The van der Waals surface area contributed by atoms with E-state index in [1.807, 2.05) is 36.4 Å². The van der Waals surface area contributed by atoms with Crippen molar-refractivity contribution in [2.75, 3.05) is 12.4 Å². The minimum Gasteiger partial charge on any atom is -0.491 e. The first kappa shape index (κ1) is 20.4. The van der Waals surface area contributed by atoms with Crippen LogP contribution in [0.2, 0.25) is 5.02 Å². The predicted molar refractivity (Wildman–Crippen MR) is 122 cm³/mol. The summed E-state index contributed by atoms with van der Waals surface area (Å²) < 4.78 is 7.89. The molecule has 2 aromatic carbocycles. The molecule has 0 radical (unpaired) electrons. The van der Waals surface area contributed by atoms with Crippen molar-refractivity contribution < 1.29 is 4.74 Å². The van der Waals surface area contributed by atoms with Crippen LogP contribution >= 0.6 is 23.4 Å². The number of thioether (sulfide) groups is 1. The molecular weight excluding hydrogens is 416 g/mol. The Morgan fingerprint density at radius 1 is 0.967 bits per heavy atom. The van der Waals surface area contributed by atoms with Crippen molar-refractivity contribution in [2.45, 2.75) is 18.5 Å². The smallest absolute Gasteiger partial charge is 0.196 e. The van der Waals surface area contributed by atoms with Crippen molar-refractivity contribution in [2.24, 2.45) is 0 Å². The van der Waals surface area contributed by atoms with Crippen LogP contribution in [-0.4, -0.2) is 32.1 Å². The summed E-state index contributed by atoms with van der Waals surface area (Å²) in [7, 11) is 0. The number of nitrogens with zero attached hydrogens (tertiary/aromatic N) is 4. The van der Waals surface area contributed by atoms with E-state index in [9.17, 15) is 0 Å². The Hall–Kier alpha value is -2.83. The molecule has 0 saturated carbocycles. The average molecular weight is 437 g/mol. The average Bonchev–Trinajstić information content (AvgIpc) is 3.22. The quantitative estimate of drug-likeness (QED) is 0.261. The number of aryl methyl sites for hydroxylation is 1. The molecule has 0 aliphatic heterocycles. The number of para-hydroxylation sites is 1. The summed E-state index contributed by atoms with van der Waals surface area (Å²) in [5, 5.41) is 10.3. The van der Waals surface area contributed by atoms with E-state index in [0.29, 0.717) is 23.1 Å². The van der Waals surface area contributed by atoms with Gasteiger partial charge in [-0.2, -0.15) is 0 Å². The Labute approximate surface area is 185 Å².